The van der Waals surface area contributed by atoms with Gasteiger partial charge in [-0.3, -0.25) is 9.59 Å². The summed E-state index contributed by atoms with van der Waals surface area (Å²) in [6.07, 6.45) is 0.576. The van der Waals surface area contributed by atoms with E-state index in [0.717, 1.165) is 5.56 Å². The Morgan fingerprint density at radius 2 is 1.76 bits per heavy atom. The Morgan fingerprint density at radius 3 is 2.24 bits per heavy atom. The van der Waals surface area contributed by atoms with E-state index in [1.165, 1.54) is 5.56 Å². The van der Waals surface area contributed by atoms with Gasteiger partial charge in [0.2, 0.25) is 0 Å². The molecule has 0 heterocycles. The largest absolute Gasteiger partial charge is 0.394 e. The minimum Gasteiger partial charge on any atom is -0.394 e. The van der Waals surface area contributed by atoms with E-state index in [1.807, 2.05) is 31.2 Å². The van der Waals surface area contributed by atoms with Crippen LogP contribution in [0.15, 0.2) is 24.3 Å². The van der Waals surface area contributed by atoms with Gasteiger partial charge in [0, 0.05) is 6.54 Å². The second kappa shape index (κ2) is 8.42. The van der Waals surface area contributed by atoms with Gasteiger partial charge in [-0.05, 0) is 23.5 Å². The molecular weight excluding hydrogens is 268 g/mol. The number of carbonyl (C=O) groups excluding carboxylic acids is 2. The second-order valence-corrected chi connectivity index (χ2v) is 5.34. The number of aliphatic hydroxyl groups is 1. The molecule has 0 spiro atoms. The second-order valence-electron chi connectivity index (χ2n) is 5.34. The van der Waals surface area contributed by atoms with Gasteiger partial charge in [0.1, 0.15) is 0 Å². The van der Waals surface area contributed by atoms with Crippen molar-refractivity contribution in [3.8, 4) is 0 Å². The number of benzene rings is 1. The summed E-state index contributed by atoms with van der Waals surface area (Å²) >= 11 is 0. The van der Waals surface area contributed by atoms with E-state index >= 15 is 0 Å². The maximum atomic E-state index is 11.7. The predicted octanol–water partition coefficient (Wildman–Crippen LogP) is 1.31. The molecule has 0 aliphatic rings. The minimum atomic E-state index is -0.713. The van der Waals surface area contributed by atoms with E-state index in [2.05, 4.69) is 24.5 Å². The van der Waals surface area contributed by atoms with Gasteiger partial charge >= 0.3 is 11.8 Å². The number of carbonyl (C=O) groups is 2. The molecule has 0 saturated heterocycles. The zero-order valence-corrected chi connectivity index (χ0v) is 12.8. The van der Waals surface area contributed by atoms with Crippen molar-refractivity contribution in [1.82, 2.24) is 10.6 Å². The zero-order chi connectivity index (χ0) is 15.8. The normalized spacial score (nSPS) is 12.0. The van der Waals surface area contributed by atoms with Crippen molar-refractivity contribution in [2.45, 2.75) is 45.7 Å². The maximum absolute atomic E-state index is 11.7. The lowest BCUT2D eigenvalue weighted by atomic mass is 10.0. The summed E-state index contributed by atoms with van der Waals surface area (Å²) in [5.74, 6) is -0.937. The van der Waals surface area contributed by atoms with Crippen molar-refractivity contribution in [3.05, 3.63) is 35.4 Å². The summed E-state index contributed by atoms with van der Waals surface area (Å²) in [5, 5.41) is 14.0. The van der Waals surface area contributed by atoms with Crippen LogP contribution in [-0.4, -0.2) is 29.6 Å². The van der Waals surface area contributed by atoms with Crippen LogP contribution in [0.1, 0.15) is 44.2 Å². The highest BCUT2D eigenvalue weighted by molar-refractivity contribution is 6.35. The van der Waals surface area contributed by atoms with Crippen molar-refractivity contribution in [2.75, 3.05) is 6.61 Å². The van der Waals surface area contributed by atoms with Gasteiger partial charge in [-0.15, -0.1) is 0 Å². The predicted molar refractivity (Wildman–Crippen MR) is 81.7 cm³/mol. The summed E-state index contributed by atoms with van der Waals surface area (Å²) in [6.45, 7) is 6.20. The first-order chi connectivity index (χ1) is 9.97. The fourth-order valence-electron chi connectivity index (χ4n) is 1.81. The van der Waals surface area contributed by atoms with Gasteiger partial charge in [-0.25, -0.2) is 0 Å². The van der Waals surface area contributed by atoms with Gasteiger partial charge in [-0.2, -0.15) is 0 Å². The lowest BCUT2D eigenvalue weighted by Crippen LogP contribution is -2.45. The SMILES string of the molecule is CC[C@@H](CO)NC(=O)C(=O)NCc1ccc(C(C)C)cc1. The molecule has 1 aromatic carbocycles. The fraction of sp³-hybridized carbons (Fsp3) is 0.500. The van der Waals surface area contributed by atoms with Crippen molar-refractivity contribution in [3.63, 3.8) is 0 Å². The molecule has 3 N–H and O–H groups in total. The Kier molecular flexibility index (Phi) is 6.88. The first kappa shape index (κ1) is 17.2. The molecule has 0 aromatic heterocycles. The maximum Gasteiger partial charge on any atom is 0.309 e. The molecule has 116 valence electrons. The third kappa shape index (κ3) is 5.55. The van der Waals surface area contributed by atoms with E-state index in [-0.39, 0.29) is 12.6 Å². The molecule has 5 heteroatoms. The van der Waals surface area contributed by atoms with Gasteiger partial charge in [-0.1, -0.05) is 45.0 Å². The molecule has 0 radical (unpaired) electrons. The zero-order valence-electron chi connectivity index (χ0n) is 12.8. The van der Waals surface area contributed by atoms with Crippen LogP contribution in [0.25, 0.3) is 0 Å². The van der Waals surface area contributed by atoms with E-state index in [1.54, 1.807) is 0 Å². The molecule has 5 nitrogen and oxygen atoms in total. The van der Waals surface area contributed by atoms with Crippen LogP contribution >= 0.6 is 0 Å². The number of hydrogen-bond donors (Lipinski definition) is 3. The first-order valence-corrected chi connectivity index (χ1v) is 7.26. The molecule has 0 bridgehead atoms. The number of rotatable bonds is 6. The Labute approximate surface area is 125 Å². The third-order valence-electron chi connectivity index (χ3n) is 3.35. The van der Waals surface area contributed by atoms with Crippen LogP contribution < -0.4 is 10.6 Å². The molecule has 1 rings (SSSR count). The van der Waals surface area contributed by atoms with E-state index in [9.17, 15) is 9.59 Å². The lowest BCUT2D eigenvalue weighted by molar-refractivity contribution is -0.139. The molecule has 0 unspecified atom stereocenters. The molecule has 0 aliphatic carbocycles. The molecule has 0 aliphatic heterocycles. The summed E-state index contributed by atoms with van der Waals surface area (Å²) in [7, 11) is 0. The van der Waals surface area contributed by atoms with E-state index in [0.29, 0.717) is 18.9 Å². The molecule has 0 saturated carbocycles. The molecule has 1 atom stereocenters. The lowest BCUT2D eigenvalue weighted by Gasteiger charge is -2.13. The van der Waals surface area contributed by atoms with Crippen LogP contribution in [0, 0.1) is 0 Å². The van der Waals surface area contributed by atoms with Crippen LogP contribution in [0.2, 0.25) is 0 Å². The summed E-state index contributed by atoms with van der Waals surface area (Å²) in [6, 6.07) is 7.54. The monoisotopic (exact) mass is 292 g/mol. The quantitative estimate of drug-likeness (QED) is 0.692. The highest BCUT2D eigenvalue weighted by atomic mass is 16.3. The molecular formula is C16H24N2O3. The number of nitrogens with one attached hydrogen (secondary N) is 2. The Bertz CT molecular complexity index is 465. The standard InChI is InChI=1S/C16H24N2O3/c1-4-14(10-19)18-16(21)15(20)17-9-12-5-7-13(8-6-12)11(2)3/h5-8,11,14,19H,4,9-10H2,1-3H3,(H,17,20)(H,18,21)/t14-/m0/s1. The highest BCUT2D eigenvalue weighted by Gasteiger charge is 2.16. The summed E-state index contributed by atoms with van der Waals surface area (Å²) < 4.78 is 0. The van der Waals surface area contributed by atoms with Gasteiger partial charge in [0.05, 0.1) is 12.6 Å². The first-order valence-electron chi connectivity index (χ1n) is 7.26. The van der Waals surface area contributed by atoms with Crippen LogP contribution in [-0.2, 0) is 16.1 Å². The van der Waals surface area contributed by atoms with Crippen molar-refractivity contribution < 1.29 is 14.7 Å². The number of amides is 2. The summed E-state index contributed by atoms with van der Waals surface area (Å²) in [4.78, 5) is 23.3. The highest BCUT2D eigenvalue weighted by Crippen LogP contribution is 2.14. The van der Waals surface area contributed by atoms with Crippen molar-refractivity contribution in [1.29, 1.82) is 0 Å². The van der Waals surface area contributed by atoms with Crippen LogP contribution in [0.4, 0.5) is 0 Å². The molecule has 2 amide bonds. The van der Waals surface area contributed by atoms with E-state index < -0.39 is 11.8 Å². The number of aliphatic hydroxyl groups excluding tert-OH is 1. The average molecular weight is 292 g/mol. The Morgan fingerprint density at radius 1 is 1.14 bits per heavy atom. The van der Waals surface area contributed by atoms with Crippen LogP contribution in [0.5, 0.6) is 0 Å². The Balaban J connectivity index is 2.47. The molecule has 0 fully saturated rings. The number of hydrogen-bond acceptors (Lipinski definition) is 3. The van der Waals surface area contributed by atoms with Crippen molar-refractivity contribution in [2.24, 2.45) is 0 Å². The van der Waals surface area contributed by atoms with Gasteiger partial charge in [0.25, 0.3) is 0 Å². The Hall–Kier alpha value is -1.88. The minimum absolute atomic E-state index is 0.174. The van der Waals surface area contributed by atoms with Crippen molar-refractivity contribution >= 4 is 11.8 Å². The van der Waals surface area contributed by atoms with E-state index in [4.69, 9.17) is 5.11 Å². The van der Waals surface area contributed by atoms with Crippen LogP contribution in [0.3, 0.4) is 0 Å². The average Bonchev–Trinajstić information content (AvgIpc) is 2.50. The smallest absolute Gasteiger partial charge is 0.309 e. The molecule has 21 heavy (non-hydrogen) atoms. The van der Waals surface area contributed by atoms with Gasteiger partial charge < -0.3 is 15.7 Å². The topological polar surface area (TPSA) is 78.4 Å². The third-order valence-corrected chi connectivity index (χ3v) is 3.35. The van der Waals surface area contributed by atoms with Gasteiger partial charge in [0.15, 0.2) is 0 Å². The fourth-order valence-corrected chi connectivity index (χ4v) is 1.81. The summed E-state index contributed by atoms with van der Waals surface area (Å²) in [5.41, 5.74) is 2.17. The molecule has 1 aromatic rings.